The highest BCUT2D eigenvalue weighted by atomic mass is 35.5. The van der Waals surface area contributed by atoms with Crippen molar-refractivity contribution in [3.05, 3.63) is 70.2 Å². The van der Waals surface area contributed by atoms with E-state index in [0.29, 0.717) is 10.6 Å². The fourth-order valence-corrected chi connectivity index (χ4v) is 2.50. The Kier molecular flexibility index (Phi) is 6.26. The Bertz CT molecular complexity index is 791. The minimum Gasteiger partial charge on any atom is -0.452 e. The van der Waals surface area contributed by atoms with Crippen LogP contribution in [0.4, 0.5) is 13.2 Å². The highest BCUT2D eigenvalue weighted by Gasteiger charge is 2.30. The van der Waals surface area contributed by atoms with Gasteiger partial charge in [0.2, 0.25) is 0 Å². The van der Waals surface area contributed by atoms with Crippen LogP contribution in [0.3, 0.4) is 0 Å². The standard InChI is InChI=1S/C18H15ClF3NO3/c1-11(14-4-2-3-5-15(14)19)23-16(24)10-26-17(25)12-6-8-13(9-7-12)18(20,21)22/h2-9,11H,10H2,1H3,(H,23,24)/t11-/m0/s1. The van der Waals surface area contributed by atoms with Crippen LogP contribution in [0, 0.1) is 0 Å². The number of alkyl halides is 3. The molecule has 2 aromatic carbocycles. The topological polar surface area (TPSA) is 55.4 Å². The number of carbonyl (C=O) groups is 2. The van der Waals surface area contributed by atoms with Gasteiger partial charge in [-0.25, -0.2) is 4.79 Å². The molecule has 0 aliphatic carbocycles. The molecule has 1 N–H and O–H groups in total. The summed E-state index contributed by atoms with van der Waals surface area (Å²) in [5.41, 5.74) is -0.248. The summed E-state index contributed by atoms with van der Waals surface area (Å²) >= 11 is 6.04. The summed E-state index contributed by atoms with van der Waals surface area (Å²) in [6.07, 6.45) is -4.49. The lowest BCUT2D eigenvalue weighted by molar-refractivity contribution is -0.137. The number of nitrogens with one attached hydrogen (secondary N) is 1. The first-order valence-electron chi connectivity index (χ1n) is 7.56. The Hall–Kier alpha value is -2.54. The van der Waals surface area contributed by atoms with Crippen molar-refractivity contribution in [1.29, 1.82) is 0 Å². The van der Waals surface area contributed by atoms with Crippen molar-refractivity contribution in [1.82, 2.24) is 5.32 Å². The lowest BCUT2D eigenvalue weighted by atomic mass is 10.1. The molecule has 0 aliphatic heterocycles. The molecule has 26 heavy (non-hydrogen) atoms. The van der Waals surface area contributed by atoms with Crippen LogP contribution in [-0.2, 0) is 15.7 Å². The van der Waals surface area contributed by atoms with Crippen molar-refractivity contribution in [3.63, 3.8) is 0 Å². The Morgan fingerprint density at radius 1 is 1.12 bits per heavy atom. The lowest BCUT2D eigenvalue weighted by Gasteiger charge is -2.15. The van der Waals surface area contributed by atoms with Crippen LogP contribution in [-0.4, -0.2) is 18.5 Å². The fourth-order valence-electron chi connectivity index (χ4n) is 2.20. The van der Waals surface area contributed by atoms with Crippen molar-refractivity contribution in [2.24, 2.45) is 0 Å². The molecular formula is C18H15ClF3NO3. The normalized spacial score (nSPS) is 12.3. The van der Waals surface area contributed by atoms with E-state index >= 15 is 0 Å². The molecule has 1 amide bonds. The molecule has 1 atom stereocenters. The van der Waals surface area contributed by atoms with E-state index in [0.717, 1.165) is 24.3 Å². The maximum atomic E-state index is 12.5. The number of ether oxygens (including phenoxy) is 1. The maximum Gasteiger partial charge on any atom is 0.416 e. The molecule has 138 valence electrons. The number of rotatable bonds is 5. The number of benzene rings is 2. The van der Waals surface area contributed by atoms with E-state index in [-0.39, 0.29) is 5.56 Å². The van der Waals surface area contributed by atoms with E-state index in [2.05, 4.69) is 5.32 Å². The average molecular weight is 386 g/mol. The second-order valence-corrected chi connectivity index (χ2v) is 5.87. The van der Waals surface area contributed by atoms with Crippen molar-refractivity contribution in [2.75, 3.05) is 6.61 Å². The number of halogens is 4. The van der Waals surface area contributed by atoms with Gasteiger partial charge in [-0.05, 0) is 42.8 Å². The van der Waals surface area contributed by atoms with E-state index in [1.807, 2.05) is 0 Å². The van der Waals surface area contributed by atoms with Gasteiger partial charge in [0.25, 0.3) is 5.91 Å². The predicted molar refractivity (Wildman–Crippen MR) is 89.7 cm³/mol. The molecule has 4 nitrogen and oxygen atoms in total. The third-order valence-corrected chi connectivity index (χ3v) is 3.88. The first-order chi connectivity index (χ1) is 12.2. The van der Waals surface area contributed by atoms with Crippen LogP contribution in [0.5, 0.6) is 0 Å². The fraction of sp³-hybridized carbons (Fsp3) is 0.222. The van der Waals surface area contributed by atoms with Gasteiger partial charge in [0, 0.05) is 5.02 Å². The maximum absolute atomic E-state index is 12.5. The summed E-state index contributed by atoms with van der Waals surface area (Å²) in [5.74, 6) is -1.45. The van der Waals surface area contributed by atoms with Gasteiger partial charge in [-0.15, -0.1) is 0 Å². The van der Waals surface area contributed by atoms with Crippen LogP contribution in [0.25, 0.3) is 0 Å². The minimum atomic E-state index is -4.49. The first kappa shape index (κ1) is 19.8. The lowest BCUT2D eigenvalue weighted by Crippen LogP contribution is -2.31. The van der Waals surface area contributed by atoms with E-state index in [9.17, 15) is 22.8 Å². The van der Waals surface area contributed by atoms with Crippen LogP contribution in [0.1, 0.15) is 34.5 Å². The summed E-state index contributed by atoms with van der Waals surface area (Å²) < 4.78 is 42.3. The Morgan fingerprint density at radius 3 is 2.31 bits per heavy atom. The van der Waals surface area contributed by atoms with Gasteiger partial charge in [0.05, 0.1) is 17.2 Å². The molecule has 0 aromatic heterocycles. The molecule has 0 radical (unpaired) electrons. The van der Waals surface area contributed by atoms with Crippen molar-refractivity contribution < 1.29 is 27.5 Å². The van der Waals surface area contributed by atoms with Gasteiger partial charge in [-0.3, -0.25) is 4.79 Å². The number of esters is 1. The van der Waals surface area contributed by atoms with Crippen molar-refractivity contribution in [2.45, 2.75) is 19.1 Å². The Labute approximate surface area is 152 Å². The van der Waals surface area contributed by atoms with Crippen LogP contribution < -0.4 is 5.32 Å². The molecule has 0 bridgehead atoms. The van der Waals surface area contributed by atoms with Crippen LogP contribution in [0.15, 0.2) is 48.5 Å². The highest BCUT2D eigenvalue weighted by Crippen LogP contribution is 2.29. The van der Waals surface area contributed by atoms with E-state index < -0.39 is 36.3 Å². The molecule has 8 heteroatoms. The summed E-state index contributed by atoms with van der Waals surface area (Å²) in [6.45, 7) is 1.16. The smallest absolute Gasteiger partial charge is 0.416 e. The highest BCUT2D eigenvalue weighted by molar-refractivity contribution is 6.31. The van der Waals surface area contributed by atoms with E-state index in [1.54, 1.807) is 31.2 Å². The van der Waals surface area contributed by atoms with Crippen LogP contribution in [0.2, 0.25) is 5.02 Å². The third-order valence-electron chi connectivity index (χ3n) is 3.53. The third kappa shape index (κ3) is 5.23. The molecule has 0 aliphatic rings. The zero-order chi connectivity index (χ0) is 19.3. The van der Waals surface area contributed by atoms with Gasteiger partial charge in [0.15, 0.2) is 6.61 Å². The molecule has 0 unspecified atom stereocenters. The number of hydrogen-bond donors (Lipinski definition) is 1. The van der Waals surface area contributed by atoms with E-state index in [1.165, 1.54) is 0 Å². The van der Waals surface area contributed by atoms with E-state index in [4.69, 9.17) is 16.3 Å². The molecule has 0 saturated carbocycles. The van der Waals surface area contributed by atoms with Crippen LogP contribution >= 0.6 is 11.6 Å². The van der Waals surface area contributed by atoms with Gasteiger partial charge >= 0.3 is 12.1 Å². The summed E-state index contributed by atoms with van der Waals surface area (Å²) in [4.78, 5) is 23.7. The monoisotopic (exact) mass is 385 g/mol. The molecule has 0 fully saturated rings. The molecule has 0 heterocycles. The molecule has 2 aromatic rings. The summed E-state index contributed by atoms with van der Waals surface area (Å²) in [5, 5.41) is 3.11. The molecule has 2 rings (SSSR count). The summed E-state index contributed by atoms with van der Waals surface area (Å²) in [6, 6.07) is 10.1. The molecular weight excluding hydrogens is 371 g/mol. The quantitative estimate of drug-likeness (QED) is 0.776. The zero-order valence-electron chi connectivity index (χ0n) is 13.6. The zero-order valence-corrected chi connectivity index (χ0v) is 14.4. The van der Waals surface area contributed by atoms with Gasteiger partial charge in [-0.2, -0.15) is 13.2 Å². The largest absolute Gasteiger partial charge is 0.452 e. The molecule has 0 saturated heterocycles. The number of carbonyl (C=O) groups excluding carboxylic acids is 2. The predicted octanol–water partition coefficient (Wildman–Crippen LogP) is 4.39. The SMILES string of the molecule is C[C@H](NC(=O)COC(=O)c1ccc(C(F)(F)F)cc1)c1ccccc1Cl. The second-order valence-electron chi connectivity index (χ2n) is 5.46. The van der Waals surface area contributed by atoms with Gasteiger partial charge < -0.3 is 10.1 Å². The number of amides is 1. The second kappa shape index (κ2) is 8.23. The Morgan fingerprint density at radius 2 is 1.73 bits per heavy atom. The molecule has 0 spiro atoms. The van der Waals surface area contributed by atoms with Gasteiger partial charge in [0.1, 0.15) is 0 Å². The Balaban J connectivity index is 1.89. The van der Waals surface area contributed by atoms with Crippen molar-refractivity contribution >= 4 is 23.5 Å². The summed E-state index contributed by atoms with van der Waals surface area (Å²) in [7, 11) is 0. The average Bonchev–Trinajstić information content (AvgIpc) is 2.59. The van der Waals surface area contributed by atoms with Gasteiger partial charge in [-0.1, -0.05) is 29.8 Å². The number of hydrogen-bond acceptors (Lipinski definition) is 3. The van der Waals surface area contributed by atoms with Crippen molar-refractivity contribution in [3.8, 4) is 0 Å². The first-order valence-corrected chi connectivity index (χ1v) is 7.94. The minimum absolute atomic E-state index is 0.0787.